The summed E-state index contributed by atoms with van der Waals surface area (Å²) in [5, 5.41) is 11.4. The van der Waals surface area contributed by atoms with E-state index in [1.807, 2.05) is 0 Å². The molecule has 1 rings (SSSR count). The van der Waals surface area contributed by atoms with Crippen molar-refractivity contribution in [2.24, 2.45) is 10.9 Å². The molecule has 0 saturated heterocycles. The molecule has 0 aromatic heterocycles. The molecule has 7 heteroatoms. The number of benzene rings is 1. The summed E-state index contributed by atoms with van der Waals surface area (Å²) in [5.74, 6) is -1.51. The SMILES string of the molecule is CC(C(N)=NO)N(C)C(=O)c1c(F)cccc1Cl. The van der Waals surface area contributed by atoms with Gasteiger partial charge >= 0.3 is 0 Å². The Morgan fingerprint density at radius 2 is 2.22 bits per heavy atom. The molecule has 18 heavy (non-hydrogen) atoms. The molecule has 1 unspecified atom stereocenters. The van der Waals surface area contributed by atoms with Crippen LogP contribution in [0.5, 0.6) is 0 Å². The number of amides is 1. The van der Waals surface area contributed by atoms with Crippen molar-refractivity contribution in [1.29, 1.82) is 0 Å². The van der Waals surface area contributed by atoms with E-state index in [9.17, 15) is 9.18 Å². The van der Waals surface area contributed by atoms with Gasteiger partial charge in [0.15, 0.2) is 5.84 Å². The number of hydrogen-bond donors (Lipinski definition) is 2. The molecule has 0 bridgehead atoms. The molecular weight excluding hydrogens is 261 g/mol. The molecule has 0 spiro atoms. The van der Waals surface area contributed by atoms with Gasteiger partial charge in [0.1, 0.15) is 5.82 Å². The highest BCUT2D eigenvalue weighted by molar-refractivity contribution is 6.33. The first-order valence-electron chi connectivity index (χ1n) is 5.08. The Labute approximate surface area is 109 Å². The smallest absolute Gasteiger partial charge is 0.258 e. The molecule has 1 atom stereocenters. The number of amidine groups is 1. The van der Waals surface area contributed by atoms with Gasteiger partial charge in [0.25, 0.3) is 5.91 Å². The average molecular weight is 274 g/mol. The standard InChI is InChI=1S/C11H13ClFN3O2/c1-6(10(14)15-18)16(2)11(17)9-7(12)4-3-5-8(9)13/h3-6,18H,1-2H3,(H2,14,15). The van der Waals surface area contributed by atoms with Crippen LogP contribution in [0.2, 0.25) is 5.02 Å². The monoisotopic (exact) mass is 273 g/mol. The Kier molecular flexibility index (Phi) is 4.49. The van der Waals surface area contributed by atoms with Gasteiger partial charge in [0.2, 0.25) is 0 Å². The van der Waals surface area contributed by atoms with E-state index < -0.39 is 17.8 Å². The van der Waals surface area contributed by atoms with Crippen LogP contribution in [0, 0.1) is 5.82 Å². The summed E-state index contributed by atoms with van der Waals surface area (Å²) in [6.45, 7) is 1.54. The first kappa shape index (κ1) is 14.2. The van der Waals surface area contributed by atoms with E-state index in [1.54, 1.807) is 6.92 Å². The van der Waals surface area contributed by atoms with Crippen molar-refractivity contribution in [3.05, 3.63) is 34.6 Å². The lowest BCUT2D eigenvalue weighted by Crippen LogP contribution is -2.44. The van der Waals surface area contributed by atoms with Crippen molar-refractivity contribution in [3.8, 4) is 0 Å². The van der Waals surface area contributed by atoms with Crippen molar-refractivity contribution >= 4 is 23.3 Å². The highest BCUT2D eigenvalue weighted by atomic mass is 35.5. The molecule has 3 N–H and O–H groups in total. The number of oxime groups is 1. The summed E-state index contributed by atoms with van der Waals surface area (Å²) in [5.41, 5.74) is 5.15. The molecule has 0 aliphatic heterocycles. The van der Waals surface area contributed by atoms with Crippen LogP contribution >= 0.6 is 11.6 Å². The molecule has 0 aliphatic carbocycles. The number of carbonyl (C=O) groups is 1. The predicted octanol–water partition coefficient (Wildman–Crippen LogP) is 1.69. The number of likely N-dealkylation sites (N-methyl/N-ethyl adjacent to an activating group) is 1. The maximum atomic E-state index is 13.6. The van der Waals surface area contributed by atoms with Gasteiger partial charge in [0, 0.05) is 7.05 Å². The molecule has 1 aromatic carbocycles. The zero-order valence-corrected chi connectivity index (χ0v) is 10.6. The van der Waals surface area contributed by atoms with Gasteiger partial charge in [-0.15, -0.1) is 0 Å². The lowest BCUT2D eigenvalue weighted by molar-refractivity contribution is 0.0772. The van der Waals surface area contributed by atoms with E-state index >= 15 is 0 Å². The second kappa shape index (κ2) is 5.68. The van der Waals surface area contributed by atoms with Crippen LogP contribution in [0.1, 0.15) is 17.3 Å². The minimum Gasteiger partial charge on any atom is -0.409 e. The van der Waals surface area contributed by atoms with Crippen LogP contribution in [-0.2, 0) is 0 Å². The average Bonchev–Trinajstić information content (AvgIpc) is 2.35. The Bertz CT molecular complexity index is 473. The second-order valence-electron chi connectivity index (χ2n) is 3.71. The fourth-order valence-electron chi connectivity index (χ4n) is 1.34. The van der Waals surface area contributed by atoms with Crippen molar-refractivity contribution in [2.75, 3.05) is 7.05 Å². The molecule has 98 valence electrons. The predicted molar refractivity (Wildman–Crippen MR) is 66.4 cm³/mol. The number of nitrogens with zero attached hydrogens (tertiary/aromatic N) is 2. The highest BCUT2D eigenvalue weighted by Gasteiger charge is 2.24. The third-order valence-corrected chi connectivity index (χ3v) is 2.94. The summed E-state index contributed by atoms with van der Waals surface area (Å²) in [7, 11) is 1.41. The summed E-state index contributed by atoms with van der Waals surface area (Å²) in [6.07, 6.45) is 0. The van der Waals surface area contributed by atoms with Gasteiger partial charge in [-0.25, -0.2) is 4.39 Å². The molecule has 0 saturated carbocycles. The molecule has 0 radical (unpaired) electrons. The number of hydrogen-bond acceptors (Lipinski definition) is 3. The zero-order valence-electron chi connectivity index (χ0n) is 9.89. The molecule has 1 amide bonds. The Hall–Kier alpha value is -1.82. The molecule has 0 heterocycles. The number of nitrogens with two attached hydrogens (primary N) is 1. The van der Waals surface area contributed by atoms with Crippen molar-refractivity contribution < 1.29 is 14.4 Å². The second-order valence-corrected chi connectivity index (χ2v) is 4.12. The third-order valence-electron chi connectivity index (χ3n) is 2.62. The minimum atomic E-state index is -0.717. The van der Waals surface area contributed by atoms with E-state index in [-0.39, 0.29) is 16.4 Å². The van der Waals surface area contributed by atoms with Gasteiger partial charge in [0.05, 0.1) is 16.6 Å². The highest BCUT2D eigenvalue weighted by Crippen LogP contribution is 2.21. The lowest BCUT2D eigenvalue weighted by Gasteiger charge is -2.24. The topological polar surface area (TPSA) is 78.9 Å². The third kappa shape index (κ3) is 2.70. The van der Waals surface area contributed by atoms with Crippen molar-refractivity contribution in [3.63, 3.8) is 0 Å². The normalized spacial score (nSPS) is 13.2. The molecule has 0 fully saturated rings. The maximum Gasteiger partial charge on any atom is 0.258 e. The largest absolute Gasteiger partial charge is 0.409 e. The first-order chi connectivity index (χ1) is 8.40. The van der Waals surface area contributed by atoms with Crippen LogP contribution in [-0.4, -0.2) is 34.9 Å². The van der Waals surface area contributed by atoms with Crippen LogP contribution in [0.15, 0.2) is 23.4 Å². The van der Waals surface area contributed by atoms with Gasteiger partial charge in [-0.05, 0) is 19.1 Å². The van der Waals surface area contributed by atoms with Crippen LogP contribution in [0.4, 0.5) is 4.39 Å². The molecule has 1 aromatic rings. The van der Waals surface area contributed by atoms with Gasteiger partial charge in [-0.1, -0.05) is 22.8 Å². The minimum absolute atomic E-state index is 0.0126. The number of rotatable bonds is 3. The van der Waals surface area contributed by atoms with Crippen molar-refractivity contribution in [1.82, 2.24) is 4.90 Å². The van der Waals surface area contributed by atoms with E-state index in [4.69, 9.17) is 22.5 Å². The summed E-state index contributed by atoms with van der Waals surface area (Å²) in [4.78, 5) is 13.2. The van der Waals surface area contributed by atoms with Crippen LogP contribution < -0.4 is 5.73 Å². The first-order valence-corrected chi connectivity index (χ1v) is 5.46. The number of halogens is 2. The Morgan fingerprint density at radius 1 is 1.61 bits per heavy atom. The van der Waals surface area contributed by atoms with E-state index in [0.29, 0.717) is 0 Å². The number of carbonyl (C=O) groups excluding carboxylic acids is 1. The molecular formula is C11H13ClFN3O2. The summed E-state index contributed by atoms with van der Waals surface area (Å²) >= 11 is 5.79. The quantitative estimate of drug-likeness (QED) is 0.381. The fourth-order valence-corrected chi connectivity index (χ4v) is 1.58. The Balaban J connectivity index is 3.08. The zero-order chi connectivity index (χ0) is 13.9. The molecule has 0 aliphatic rings. The summed E-state index contributed by atoms with van der Waals surface area (Å²) in [6, 6.07) is 3.28. The van der Waals surface area contributed by atoms with Crippen LogP contribution in [0.3, 0.4) is 0 Å². The van der Waals surface area contributed by atoms with E-state index in [2.05, 4.69) is 5.16 Å². The van der Waals surface area contributed by atoms with E-state index in [1.165, 1.54) is 19.2 Å². The maximum absolute atomic E-state index is 13.6. The summed E-state index contributed by atoms with van der Waals surface area (Å²) < 4.78 is 13.6. The fraction of sp³-hybridized carbons (Fsp3) is 0.273. The van der Waals surface area contributed by atoms with E-state index in [0.717, 1.165) is 11.0 Å². The van der Waals surface area contributed by atoms with Gasteiger partial charge in [-0.3, -0.25) is 4.79 Å². The van der Waals surface area contributed by atoms with Crippen LogP contribution in [0.25, 0.3) is 0 Å². The van der Waals surface area contributed by atoms with Crippen molar-refractivity contribution in [2.45, 2.75) is 13.0 Å². The van der Waals surface area contributed by atoms with Gasteiger partial charge in [-0.2, -0.15) is 0 Å². The lowest BCUT2D eigenvalue weighted by atomic mass is 10.1. The molecule has 5 nitrogen and oxygen atoms in total. The van der Waals surface area contributed by atoms with Gasteiger partial charge < -0.3 is 15.8 Å². The Morgan fingerprint density at radius 3 is 2.72 bits per heavy atom.